The van der Waals surface area contributed by atoms with Gasteiger partial charge in [-0.2, -0.15) is 0 Å². The average Bonchev–Trinajstić information content (AvgIpc) is 3.66. The zero-order valence-electron chi connectivity index (χ0n) is 26.1. The Bertz CT molecular complexity index is 1940. The minimum atomic E-state index is -0.619. The van der Waals surface area contributed by atoms with Crippen LogP contribution in [0.1, 0.15) is 58.8 Å². The Morgan fingerprint density at radius 1 is 1.07 bits per heavy atom. The summed E-state index contributed by atoms with van der Waals surface area (Å²) in [5.74, 6) is -0.980. The molecule has 2 unspecified atom stereocenters. The Morgan fingerprint density at radius 3 is 2.59 bits per heavy atom. The van der Waals surface area contributed by atoms with Crippen LogP contribution in [0.3, 0.4) is 0 Å². The molecule has 9 nitrogen and oxygen atoms in total. The van der Waals surface area contributed by atoms with E-state index in [9.17, 15) is 14.0 Å². The number of hydrogen-bond acceptors (Lipinski definition) is 7. The highest BCUT2D eigenvalue weighted by atomic mass is 19.1. The molecule has 238 valence electrons. The fourth-order valence-electron chi connectivity index (χ4n) is 6.98. The summed E-state index contributed by atoms with van der Waals surface area (Å²) in [6.07, 6.45) is 5.03. The van der Waals surface area contributed by atoms with Crippen LogP contribution in [-0.2, 0) is 25.4 Å². The van der Waals surface area contributed by atoms with Crippen LogP contribution in [-0.4, -0.2) is 60.0 Å². The van der Waals surface area contributed by atoms with Crippen LogP contribution < -0.4 is 4.84 Å². The summed E-state index contributed by atoms with van der Waals surface area (Å²) in [5.41, 5.74) is 5.03. The zero-order chi connectivity index (χ0) is 32.0. The van der Waals surface area contributed by atoms with E-state index in [0.717, 1.165) is 64.5 Å². The number of rotatable bonds is 9. The van der Waals surface area contributed by atoms with E-state index in [1.165, 1.54) is 18.0 Å². The van der Waals surface area contributed by atoms with E-state index < -0.39 is 11.4 Å². The molecule has 1 aliphatic heterocycles. The number of fused-ring (bicyclic) bond motifs is 2. The summed E-state index contributed by atoms with van der Waals surface area (Å²) in [6.45, 7) is 2.94. The third-order valence-electron chi connectivity index (χ3n) is 9.44. The van der Waals surface area contributed by atoms with Gasteiger partial charge in [-0.25, -0.2) is 9.18 Å². The lowest BCUT2D eigenvalue weighted by Crippen LogP contribution is -2.30. The molecule has 5 aromatic rings. The molecule has 7 rings (SSSR count). The van der Waals surface area contributed by atoms with E-state index in [2.05, 4.69) is 9.67 Å². The van der Waals surface area contributed by atoms with Gasteiger partial charge in [0.05, 0.1) is 42.5 Å². The van der Waals surface area contributed by atoms with Crippen molar-refractivity contribution in [2.75, 3.05) is 27.4 Å². The highest BCUT2D eigenvalue weighted by Gasteiger charge is 2.52. The van der Waals surface area contributed by atoms with Crippen LogP contribution in [0.25, 0.3) is 27.5 Å². The van der Waals surface area contributed by atoms with Crippen molar-refractivity contribution in [2.45, 2.75) is 51.0 Å². The predicted octanol–water partition coefficient (Wildman–Crippen LogP) is 6.10. The minimum absolute atomic E-state index is 0.0738. The first kappa shape index (κ1) is 30.1. The topological polar surface area (TPSA) is 93.8 Å². The molecular weight excluding hydrogens is 589 g/mol. The maximum atomic E-state index is 14.4. The lowest BCUT2D eigenvalue weighted by molar-refractivity contribution is -0.147. The number of hydrogen-bond donors (Lipinski definition) is 0. The van der Waals surface area contributed by atoms with E-state index in [1.807, 2.05) is 31.2 Å². The Kier molecular flexibility index (Phi) is 7.86. The summed E-state index contributed by atoms with van der Waals surface area (Å²) in [6, 6.07) is 17.6. The SMILES string of the molecule is COCC1CC(c2c(CC3(C(=O)OC)CC3)c3cc4c(cnn4OC(=O)c4ccccc4)cc3n2-c2ccc(F)cc2C)CCO1. The number of methoxy groups -OCH3 is 2. The third kappa shape index (κ3) is 5.35. The first-order chi connectivity index (χ1) is 22.3. The number of carbonyl (C=O) groups excluding carboxylic acids is 2. The van der Waals surface area contributed by atoms with Gasteiger partial charge in [-0.1, -0.05) is 23.0 Å². The van der Waals surface area contributed by atoms with Gasteiger partial charge in [0, 0.05) is 41.8 Å². The zero-order valence-corrected chi connectivity index (χ0v) is 26.1. The molecular formula is C36H36FN3O6. The molecule has 2 fully saturated rings. The van der Waals surface area contributed by atoms with Crippen molar-refractivity contribution in [1.82, 2.24) is 14.5 Å². The quantitative estimate of drug-likeness (QED) is 0.183. The number of benzene rings is 3. The van der Waals surface area contributed by atoms with Crippen LogP contribution in [0.15, 0.2) is 66.9 Å². The molecule has 1 saturated carbocycles. The number of ether oxygens (including phenoxy) is 3. The Hall–Kier alpha value is -4.54. The van der Waals surface area contributed by atoms with E-state index >= 15 is 0 Å². The maximum Gasteiger partial charge on any atom is 0.365 e. The molecule has 0 spiro atoms. The lowest BCUT2D eigenvalue weighted by atomic mass is 9.86. The number of aryl methyl sites for hydroxylation is 1. The van der Waals surface area contributed by atoms with E-state index in [-0.39, 0.29) is 23.8 Å². The van der Waals surface area contributed by atoms with Crippen LogP contribution in [0.2, 0.25) is 0 Å². The molecule has 0 radical (unpaired) electrons. The monoisotopic (exact) mass is 625 g/mol. The largest absolute Gasteiger partial charge is 0.469 e. The minimum Gasteiger partial charge on any atom is -0.469 e. The highest BCUT2D eigenvalue weighted by Crippen LogP contribution is 2.52. The van der Waals surface area contributed by atoms with Gasteiger partial charge in [0.15, 0.2) is 0 Å². The van der Waals surface area contributed by atoms with Crippen molar-refractivity contribution in [3.8, 4) is 5.69 Å². The molecule has 2 aromatic heterocycles. The summed E-state index contributed by atoms with van der Waals surface area (Å²) in [5, 5.41) is 6.08. The fourth-order valence-corrected chi connectivity index (χ4v) is 6.98. The van der Waals surface area contributed by atoms with Gasteiger partial charge in [0.25, 0.3) is 0 Å². The number of aromatic nitrogens is 3. The highest BCUT2D eigenvalue weighted by molar-refractivity contribution is 6.00. The van der Waals surface area contributed by atoms with E-state index in [0.29, 0.717) is 30.7 Å². The lowest BCUT2D eigenvalue weighted by Gasteiger charge is -2.31. The first-order valence-electron chi connectivity index (χ1n) is 15.6. The van der Waals surface area contributed by atoms with Gasteiger partial charge in [0.2, 0.25) is 0 Å². The van der Waals surface area contributed by atoms with Gasteiger partial charge in [0.1, 0.15) is 11.3 Å². The summed E-state index contributed by atoms with van der Waals surface area (Å²) < 4.78 is 33.5. The van der Waals surface area contributed by atoms with Gasteiger partial charge >= 0.3 is 11.9 Å². The van der Waals surface area contributed by atoms with E-state index in [4.69, 9.17) is 19.0 Å². The first-order valence-corrected chi connectivity index (χ1v) is 15.6. The molecule has 2 aliphatic rings. The standard InChI is InChI=1S/C36H36FN3O6/c1-22-15-26(37)9-10-30(22)39-32-17-25-20-38-40(46-34(41)23-7-5-4-6-8-23)31(25)18-28(32)29(19-36(12-13-36)35(42)44-3)33(39)24-11-14-45-27(16-24)21-43-2/h4-10,15,17-18,20,24,27H,11-14,16,19,21H2,1-3H3. The van der Waals surface area contributed by atoms with Crippen molar-refractivity contribution in [2.24, 2.45) is 5.41 Å². The fraction of sp³-hybridized carbons (Fsp3) is 0.361. The third-order valence-corrected chi connectivity index (χ3v) is 9.44. The smallest absolute Gasteiger partial charge is 0.365 e. The van der Waals surface area contributed by atoms with Crippen LogP contribution in [0.4, 0.5) is 4.39 Å². The molecule has 1 aliphatic carbocycles. The molecule has 46 heavy (non-hydrogen) atoms. The second kappa shape index (κ2) is 12.0. The number of halogens is 1. The van der Waals surface area contributed by atoms with E-state index in [1.54, 1.807) is 43.6 Å². The second-order valence-corrected chi connectivity index (χ2v) is 12.4. The molecule has 0 bridgehead atoms. The van der Waals surface area contributed by atoms with Crippen molar-refractivity contribution in [3.05, 3.63) is 95.1 Å². The van der Waals surface area contributed by atoms with Gasteiger partial charge in [-0.3, -0.25) is 4.79 Å². The number of carbonyl (C=O) groups is 2. The maximum absolute atomic E-state index is 14.4. The summed E-state index contributed by atoms with van der Waals surface area (Å²) in [7, 11) is 3.11. The van der Waals surface area contributed by atoms with Crippen LogP contribution in [0, 0.1) is 18.2 Å². The van der Waals surface area contributed by atoms with Crippen LogP contribution >= 0.6 is 0 Å². The Labute approximate surface area is 265 Å². The molecule has 3 heterocycles. The van der Waals surface area contributed by atoms with Crippen molar-refractivity contribution < 1.29 is 33.0 Å². The van der Waals surface area contributed by atoms with Gasteiger partial charge in [-0.15, -0.1) is 5.10 Å². The van der Waals surface area contributed by atoms with Crippen molar-refractivity contribution in [1.29, 1.82) is 0 Å². The molecule has 1 saturated heterocycles. The van der Waals surface area contributed by atoms with Crippen molar-refractivity contribution >= 4 is 33.7 Å². The number of nitrogens with zero attached hydrogens (tertiary/aromatic N) is 3. The van der Waals surface area contributed by atoms with Gasteiger partial charge in [-0.05, 0) is 92.6 Å². The molecule has 0 amide bonds. The second-order valence-electron chi connectivity index (χ2n) is 12.4. The molecule has 10 heteroatoms. The summed E-state index contributed by atoms with van der Waals surface area (Å²) in [4.78, 5) is 33.1. The Morgan fingerprint density at radius 2 is 1.87 bits per heavy atom. The normalized spacial score (nSPS) is 19.0. The summed E-state index contributed by atoms with van der Waals surface area (Å²) >= 11 is 0. The Balaban J connectivity index is 1.46. The molecule has 2 atom stereocenters. The van der Waals surface area contributed by atoms with Crippen molar-refractivity contribution in [3.63, 3.8) is 0 Å². The molecule has 3 aromatic carbocycles. The molecule has 0 N–H and O–H groups in total. The average molecular weight is 626 g/mol. The predicted molar refractivity (Wildman–Crippen MR) is 170 cm³/mol. The van der Waals surface area contributed by atoms with Crippen LogP contribution in [0.5, 0.6) is 0 Å². The van der Waals surface area contributed by atoms with Gasteiger partial charge < -0.3 is 23.6 Å². The number of esters is 1.